The van der Waals surface area contributed by atoms with Crippen molar-refractivity contribution in [2.45, 2.75) is 26.7 Å². The largest absolute Gasteiger partial charge is 0.441 e. The highest BCUT2D eigenvalue weighted by Gasteiger charge is 2.27. The molecule has 2 heterocycles. The summed E-state index contributed by atoms with van der Waals surface area (Å²) in [6.45, 7) is 5.56. The van der Waals surface area contributed by atoms with Crippen LogP contribution in [0.1, 0.15) is 36.0 Å². The van der Waals surface area contributed by atoms with E-state index in [4.69, 9.17) is 4.42 Å². The zero-order valence-electron chi connectivity index (χ0n) is 13.5. The molecule has 0 bridgehead atoms. The average molecular weight is 315 g/mol. The second kappa shape index (κ2) is 6.40. The molecule has 0 saturated carbocycles. The van der Waals surface area contributed by atoms with Crippen molar-refractivity contribution in [3.05, 3.63) is 29.7 Å². The molecule has 23 heavy (non-hydrogen) atoms. The lowest BCUT2D eigenvalue weighted by Gasteiger charge is -2.31. The number of carbonyl (C=O) groups is 2. The molecule has 0 radical (unpaired) electrons. The molecule has 1 aromatic heterocycles. The zero-order valence-corrected chi connectivity index (χ0v) is 13.5. The lowest BCUT2D eigenvalue weighted by molar-refractivity contribution is -0.126. The van der Waals surface area contributed by atoms with E-state index in [0.29, 0.717) is 49.5 Å². The Labute approximate surface area is 134 Å². The van der Waals surface area contributed by atoms with Gasteiger partial charge in [0.05, 0.1) is 0 Å². The molecule has 1 fully saturated rings. The van der Waals surface area contributed by atoms with Gasteiger partial charge < -0.3 is 14.6 Å². The van der Waals surface area contributed by atoms with E-state index in [2.05, 4.69) is 10.3 Å². The first kappa shape index (κ1) is 15.5. The fraction of sp³-hybridized carbons (Fsp3) is 0.471. The van der Waals surface area contributed by atoms with Crippen molar-refractivity contribution in [1.82, 2.24) is 15.2 Å². The third kappa shape index (κ3) is 3.21. The first-order chi connectivity index (χ1) is 11.1. The van der Waals surface area contributed by atoms with Crippen molar-refractivity contribution in [2.75, 3.05) is 19.6 Å². The quantitative estimate of drug-likeness (QED) is 0.941. The van der Waals surface area contributed by atoms with Crippen LogP contribution in [0.25, 0.3) is 11.1 Å². The van der Waals surface area contributed by atoms with Crippen LogP contribution in [0.5, 0.6) is 0 Å². The van der Waals surface area contributed by atoms with E-state index in [-0.39, 0.29) is 17.7 Å². The molecule has 3 rings (SSSR count). The number of hydrogen-bond acceptors (Lipinski definition) is 4. The molecule has 0 unspecified atom stereocenters. The van der Waals surface area contributed by atoms with Crippen LogP contribution in [0.4, 0.5) is 0 Å². The molecule has 2 aromatic rings. The van der Waals surface area contributed by atoms with Crippen LogP contribution < -0.4 is 5.32 Å². The third-order valence-corrected chi connectivity index (χ3v) is 4.25. The first-order valence-corrected chi connectivity index (χ1v) is 8.02. The molecular weight excluding hydrogens is 294 g/mol. The Hall–Kier alpha value is -2.37. The maximum atomic E-state index is 12.6. The van der Waals surface area contributed by atoms with Crippen molar-refractivity contribution < 1.29 is 14.0 Å². The molecule has 0 atom stereocenters. The number of nitrogens with one attached hydrogen (secondary N) is 1. The molecule has 0 spiro atoms. The Morgan fingerprint density at radius 3 is 2.78 bits per heavy atom. The van der Waals surface area contributed by atoms with Crippen LogP contribution in [0.3, 0.4) is 0 Å². The maximum absolute atomic E-state index is 12.6. The Kier molecular flexibility index (Phi) is 4.32. The molecule has 1 aliphatic heterocycles. The van der Waals surface area contributed by atoms with Crippen LogP contribution >= 0.6 is 0 Å². The molecule has 122 valence electrons. The fourth-order valence-corrected chi connectivity index (χ4v) is 3.02. The lowest BCUT2D eigenvalue weighted by atomic mass is 9.95. The predicted molar refractivity (Wildman–Crippen MR) is 86.1 cm³/mol. The Bertz CT molecular complexity index is 730. The minimum atomic E-state index is -0.0182. The van der Waals surface area contributed by atoms with Gasteiger partial charge in [-0.25, -0.2) is 4.98 Å². The smallest absolute Gasteiger partial charge is 0.253 e. The molecule has 1 aromatic carbocycles. The van der Waals surface area contributed by atoms with Gasteiger partial charge in [-0.15, -0.1) is 0 Å². The second-order valence-corrected chi connectivity index (χ2v) is 5.88. The maximum Gasteiger partial charge on any atom is 0.253 e. The van der Waals surface area contributed by atoms with E-state index in [9.17, 15) is 9.59 Å². The number of rotatable bonds is 3. The molecular formula is C17H21N3O3. The highest BCUT2D eigenvalue weighted by molar-refractivity contribution is 5.97. The Balaban J connectivity index is 1.67. The number of aromatic nitrogens is 1. The van der Waals surface area contributed by atoms with E-state index >= 15 is 0 Å². The summed E-state index contributed by atoms with van der Waals surface area (Å²) < 4.78 is 5.49. The molecule has 1 N–H and O–H groups in total. The minimum absolute atomic E-state index is 0.0124. The van der Waals surface area contributed by atoms with E-state index in [1.165, 1.54) is 0 Å². The van der Waals surface area contributed by atoms with Gasteiger partial charge in [0.15, 0.2) is 11.5 Å². The summed E-state index contributed by atoms with van der Waals surface area (Å²) >= 11 is 0. The molecule has 6 nitrogen and oxygen atoms in total. The van der Waals surface area contributed by atoms with Crippen molar-refractivity contribution >= 4 is 22.9 Å². The normalized spacial score (nSPS) is 15.8. The summed E-state index contributed by atoms with van der Waals surface area (Å²) in [4.78, 5) is 30.5. The van der Waals surface area contributed by atoms with Crippen molar-refractivity contribution in [1.29, 1.82) is 0 Å². The number of fused-ring (bicyclic) bond motifs is 1. The Morgan fingerprint density at radius 1 is 1.35 bits per heavy atom. The summed E-state index contributed by atoms with van der Waals surface area (Å²) in [6.07, 6.45) is 1.42. The summed E-state index contributed by atoms with van der Waals surface area (Å²) in [7, 11) is 0. The van der Waals surface area contributed by atoms with Crippen LogP contribution in [0.15, 0.2) is 22.6 Å². The highest BCUT2D eigenvalue weighted by Crippen LogP contribution is 2.22. The third-order valence-electron chi connectivity index (χ3n) is 4.25. The number of aryl methyl sites for hydroxylation is 1. The number of piperidine rings is 1. The monoisotopic (exact) mass is 315 g/mol. The van der Waals surface area contributed by atoms with Gasteiger partial charge in [0.2, 0.25) is 5.91 Å². The van der Waals surface area contributed by atoms with E-state index in [0.717, 1.165) is 5.52 Å². The predicted octanol–water partition coefficient (Wildman–Crippen LogP) is 2.12. The van der Waals surface area contributed by atoms with Crippen LogP contribution in [-0.4, -0.2) is 41.3 Å². The van der Waals surface area contributed by atoms with Gasteiger partial charge in [0.25, 0.3) is 5.91 Å². The van der Waals surface area contributed by atoms with Crippen LogP contribution in [0, 0.1) is 12.8 Å². The Morgan fingerprint density at radius 2 is 2.09 bits per heavy atom. The summed E-state index contributed by atoms with van der Waals surface area (Å²) in [5, 5.41) is 2.85. The number of nitrogens with zero attached hydrogens (tertiary/aromatic N) is 2. The topological polar surface area (TPSA) is 75.4 Å². The summed E-state index contributed by atoms with van der Waals surface area (Å²) in [5.74, 6) is 0.680. The fourth-order valence-electron chi connectivity index (χ4n) is 3.02. The van der Waals surface area contributed by atoms with Gasteiger partial charge in [-0.05, 0) is 38.0 Å². The molecule has 1 aliphatic rings. The van der Waals surface area contributed by atoms with Crippen LogP contribution in [-0.2, 0) is 4.79 Å². The van der Waals surface area contributed by atoms with Crippen molar-refractivity contribution in [3.8, 4) is 0 Å². The number of benzene rings is 1. The SMILES string of the molecule is CCNC(=O)C1CCN(C(=O)c2ccc3nc(C)oc3c2)CC1. The number of likely N-dealkylation sites (tertiary alicyclic amines) is 1. The average Bonchev–Trinajstić information content (AvgIpc) is 2.93. The number of hydrogen-bond donors (Lipinski definition) is 1. The van der Waals surface area contributed by atoms with Gasteiger partial charge >= 0.3 is 0 Å². The molecule has 6 heteroatoms. The lowest BCUT2D eigenvalue weighted by Crippen LogP contribution is -2.43. The van der Waals surface area contributed by atoms with Gasteiger partial charge in [0, 0.05) is 38.0 Å². The van der Waals surface area contributed by atoms with Gasteiger partial charge in [-0.2, -0.15) is 0 Å². The first-order valence-electron chi connectivity index (χ1n) is 8.02. The molecule has 0 aliphatic carbocycles. The summed E-state index contributed by atoms with van der Waals surface area (Å²) in [6, 6.07) is 5.33. The van der Waals surface area contributed by atoms with E-state index in [1.807, 2.05) is 6.92 Å². The zero-order chi connectivity index (χ0) is 16.4. The van der Waals surface area contributed by atoms with Gasteiger partial charge in [0.1, 0.15) is 5.52 Å². The summed E-state index contributed by atoms with van der Waals surface area (Å²) in [5.41, 5.74) is 1.99. The second-order valence-electron chi connectivity index (χ2n) is 5.88. The van der Waals surface area contributed by atoms with Gasteiger partial charge in [-0.3, -0.25) is 9.59 Å². The van der Waals surface area contributed by atoms with E-state index < -0.39 is 0 Å². The number of carbonyl (C=O) groups excluding carboxylic acids is 2. The van der Waals surface area contributed by atoms with Crippen LogP contribution in [0.2, 0.25) is 0 Å². The molecule has 1 saturated heterocycles. The molecule has 2 amide bonds. The van der Waals surface area contributed by atoms with Crippen molar-refractivity contribution in [2.24, 2.45) is 5.92 Å². The van der Waals surface area contributed by atoms with Crippen molar-refractivity contribution in [3.63, 3.8) is 0 Å². The number of oxazole rings is 1. The standard InChI is InChI=1S/C17H21N3O3/c1-3-18-16(21)12-6-8-20(9-7-12)17(22)13-4-5-14-15(10-13)23-11(2)19-14/h4-5,10,12H,3,6-9H2,1-2H3,(H,18,21). The minimum Gasteiger partial charge on any atom is -0.441 e. The highest BCUT2D eigenvalue weighted by atomic mass is 16.3. The van der Waals surface area contributed by atoms with Gasteiger partial charge in [-0.1, -0.05) is 0 Å². The van der Waals surface area contributed by atoms with E-state index in [1.54, 1.807) is 30.0 Å². The number of amides is 2.